The second kappa shape index (κ2) is 3.58. The minimum Gasteiger partial charge on any atom is -0.382 e. The van der Waals surface area contributed by atoms with E-state index in [9.17, 15) is 0 Å². The zero-order valence-corrected chi connectivity index (χ0v) is 9.36. The molecule has 0 fully saturated rings. The molecule has 2 aromatic heterocycles. The molecule has 0 aliphatic rings. The molecule has 2 heterocycles. The molecule has 2 N–H and O–H groups in total. The number of hydrogen-bond acceptors (Lipinski definition) is 3. The van der Waals surface area contributed by atoms with Crippen LogP contribution in [0.5, 0.6) is 0 Å². The van der Waals surface area contributed by atoms with Crippen LogP contribution < -0.4 is 5.73 Å². The minimum atomic E-state index is 0.507. The average Bonchev–Trinajstić information content (AvgIpc) is 2.67. The van der Waals surface area contributed by atoms with E-state index in [0.717, 1.165) is 11.3 Å². The predicted molar refractivity (Wildman–Crippen MR) is 58.7 cm³/mol. The molecule has 0 aromatic carbocycles. The van der Waals surface area contributed by atoms with Gasteiger partial charge in [-0.3, -0.25) is 9.36 Å². The van der Waals surface area contributed by atoms with Gasteiger partial charge in [0.05, 0.1) is 12.2 Å². The summed E-state index contributed by atoms with van der Waals surface area (Å²) in [6, 6.07) is 1.75. The monoisotopic (exact) mass is 225 g/mol. The molecular formula is C9H12ClN5. The van der Waals surface area contributed by atoms with Gasteiger partial charge in [-0.2, -0.15) is 10.2 Å². The van der Waals surface area contributed by atoms with Crippen molar-refractivity contribution >= 4 is 17.4 Å². The molecule has 80 valence electrons. The first kappa shape index (κ1) is 10.0. The molecule has 6 heteroatoms. The summed E-state index contributed by atoms with van der Waals surface area (Å²) in [4.78, 5) is 0. The summed E-state index contributed by atoms with van der Waals surface area (Å²) >= 11 is 6.10. The molecule has 2 aromatic rings. The third-order valence-corrected chi connectivity index (χ3v) is 2.72. The maximum Gasteiger partial charge on any atom is 0.145 e. The van der Waals surface area contributed by atoms with Gasteiger partial charge in [0.1, 0.15) is 11.0 Å². The Morgan fingerprint density at radius 2 is 2.20 bits per heavy atom. The number of nitrogens with zero attached hydrogens (tertiary/aromatic N) is 4. The molecule has 15 heavy (non-hydrogen) atoms. The Morgan fingerprint density at radius 3 is 2.67 bits per heavy atom. The fraction of sp³-hybridized carbons (Fsp3) is 0.333. The minimum absolute atomic E-state index is 0.507. The van der Waals surface area contributed by atoms with Gasteiger partial charge >= 0.3 is 0 Å². The van der Waals surface area contributed by atoms with E-state index in [2.05, 4.69) is 10.2 Å². The lowest BCUT2D eigenvalue weighted by Gasteiger charge is -2.00. The maximum absolute atomic E-state index is 6.10. The number of aromatic nitrogens is 4. The van der Waals surface area contributed by atoms with E-state index in [4.69, 9.17) is 17.3 Å². The summed E-state index contributed by atoms with van der Waals surface area (Å²) in [5.74, 6) is 0.507. The van der Waals surface area contributed by atoms with Gasteiger partial charge in [-0.15, -0.1) is 0 Å². The van der Waals surface area contributed by atoms with Gasteiger partial charge in [-0.05, 0) is 13.0 Å². The summed E-state index contributed by atoms with van der Waals surface area (Å²) in [5.41, 5.74) is 7.42. The van der Waals surface area contributed by atoms with Gasteiger partial charge in [0.25, 0.3) is 0 Å². The quantitative estimate of drug-likeness (QED) is 0.836. The highest BCUT2D eigenvalue weighted by molar-refractivity contribution is 6.30. The van der Waals surface area contributed by atoms with Crippen LogP contribution >= 0.6 is 11.6 Å². The van der Waals surface area contributed by atoms with Crippen molar-refractivity contribution < 1.29 is 0 Å². The van der Waals surface area contributed by atoms with Crippen LogP contribution in [0.1, 0.15) is 11.3 Å². The number of aryl methyl sites for hydroxylation is 2. The van der Waals surface area contributed by atoms with Gasteiger partial charge in [0.15, 0.2) is 0 Å². The Hall–Kier alpha value is -1.49. The summed E-state index contributed by atoms with van der Waals surface area (Å²) in [5, 5.41) is 8.96. The van der Waals surface area contributed by atoms with E-state index in [1.807, 2.05) is 20.2 Å². The van der Waals surface area contributed by atoms with Gasteiger partial charge in [0.2, 0.25) is 0 Å². The molecule has 2 rings (SSSR count). The third-order valence-electron chi connectivity index (χ3n) is 2.25. The Labute approximate surface area is 92.4 Å². The topological polar surface area (TPSA) is 61.7 Å². The highest BCUT2D eigenvalue weighted by Gasteiger charge is 2.11. The summed E-state index contributed by atoms with van der Waals surface area (Å²) < 4.78 is 3.39. The Balaban J connectivity index is 2.31. The van der Waals surface area contributed by atoms with Crippen LogP contribution in [0, 0.1) is 6.92 Å². The normalized spacial score (nSPS) is 10.9. The van der Waals surface area contributed by atoms with Crippen LogP contribution in [0.4, 0.5) is 5.82 Å². The van der Waals surface area contributed by atoms with E-state index >= 15 is 0 Å². The maximum atomic E-state index is 6.10. The first-order valence-electron chi connectivity index (χ1n) is 4.55. The third kappa shape index (κ3) is 1.83. The van der Waals surface area contributed by atoms with Crippen molar-refractivity contribution in [2.75, 3.05) is 5.73 Å². The van der Waals surface area contributed by atoms with Gasteiger partial charge in [-0.1, -0.05) is 11.6 Å². The second-order valence-electron chi connectivity index (χ2n) is 3.42. The first-order chi connectivity index (χ1) is 7.08. The van der Waals surface area contributed by atoms with Crippen molar-refractivity contribution in [3.05, 3.63) is 28.7 Å². The number of nitrogen functional groups attached to an aromatic ring is 1. The van der Waals surface area contributed by atoms with E-state index in [-0.39, 0.29) is 0 Å². The Bertz CT molecular complexity index is 485. The fourth-order valence-electron chi connectivity index (χ4n) is 1.48. The molecule has 0 saturated carbocycles. The van der Waals surface area contributed by atoms with Crippen molar-refractivity contribution in [3.8, 4) is 0 Å². The number of nitrogens with two attached hydrogens (primary N) is 1. The first-order valence-corrected chi connectivity index (χ1v) is 4.92. The summed E-state index contributed by atoms with van der Waals surface area (Å²) in [6.45, 7) is 2.52. The molecule has 0 saturated heterocycles. The number of hydrogen-bond donors (Lipinski definition) is 1. The fourth-order valence-corrected chi connectivity index (χ4v) is 1.72. The van der Waals surface area contributed by atoms with Crippen LogP contribution in [-0.4, -0.2) is 19.6 Å². The second-order valence-corrected chi connectivity index (χ2v) is 3.77. The van der Waals surface area contributed by atoms with Crippen LogP contribution in [0.15, 0.2) is 12.3 Å². The molecule has 0 aliphatic carbocycles. The SMILES string of the molecule is Cc1nn(C)c(Cl)c1Cn1ccc(N)n1. The van der Waals surface area contributed by atoms with E-state index in [0.29, 0.717) is 17.5 Å². The molecular weight excluding hydrogens is 214 g/mol. The lowest BCUT2D eigenvalue weighted by molar-refractivity contribution is 0.687. The van der Waals surface area contributed by atoms with Gasteiger partial charge in [-0.25, -0.2) is 0 Å². The number of anilines is 1. The zero-order chi connectivity index (χ0) is 11.0. The lowest BCUT2D eigenvalue weighted by Crippen LogP contribution is -2.02. The molecule has 5 nitrogen and oxygen atoms in total. The van der Waals surface area contributed by atoms with Gasteiger partial charge < -0.3 is 5.73 Å². The van der Waals surface area contributed by atoms with Crippen LogP contribution in [0.2, 0.25) is 5.15 Å². The Kier molecular flexibility index (Phi) is 2.40. The summed E-state index contributed by atoms with van der Waals surface area (Å²) in [6.07, 6.45) is 1.82. The molecule has 0 amide bonds. The molecule has 0 unspecified atom stereocenters. The molecule has 0 radical (unpaired) electrons. The number of halogens is 1. The predicted octanol–water partition coefficient (Wildman–Crippen LogP) is 1.21. The van der Waals surface area contributed by atoms with E-state index in [1.165, 1.54) is 0 Å². The van der Waals surface area contributed by atoms with E-state index in [1.54, 1.807) is 15.4 Å². The van der Waals surface area contributed by atoms with Crippen molar-refractivity contribution in [1.82, 2.24) is 19.6 Å². The molecule has 0 bridgehead atoms. The number of rotatable bonds is 2. The largest absolute Gasteiger partial charge is 0.382 e. The van der Waals surface area contributed by atoms with Crippen molar-refractivity contribution in [3.63, 3.8) is 0 Å². The summed E-state index contributed by atoms with van der Waals surface area (Å²) in [7, 11) is 1.82. The van der Waals surface area contributed by atoms with Crippen molar-refractivity contribution in [1.29, 1.82) is 0 Å². The standard InChI is InChI=1S/C9H12ClN5/c1-6-7(9(10)14(2)12-6)5-15-4-3-8(11)13-15/h3-4H,5H2,1-2H3,(H2,11,13). The van der Waals surface area contributed by atoms with Crippen LogP contribution in [0.3, 0.4) is 0 Å². The highest BCUT2D eigenvalue weighted by atomic mass is 35.5. The molecule has 0 aliphatic heterocycles. The van der Waals surface area contributed by atoms with Gasteiger partial charge in [0, 0.05) is 18.8 Å². The van der Waals surface area contributed by atoms with Crippen molar-refractivity contribution in [2.24, 2.45) is 7.05 Å². The highest BCUT2D eigenvalue weighted by Crippen LogP contribution is 2.19. The van der Waals surface area contributed by atoms with Crippen LogP contribution in [0.25, 0.3) is 0 Å². The zero-order valence-electron chi connectivity index (χ0n) is 8.61. The van der Waals surface area contributed by atoms with Crippen molar-refractivity contribution in [2.45, 2.75) is 13.5 Å². The Morgan fingerprint density at radius 1 is 1.47 bits per heavy atom. The smallest absolute Gasteiger partial charge is 0.145 e. The lowest BCUT2D eigenvalue weighted by atomic mass is 10.3. The van der Waals surface area contributed by atoms with E-state index < -0.39 is 0 Å². The molecule has 0 atom stereocenters. The molecule has 0 spiro atoms. The van der Waals surface area contributed by atoms with Crippen LogP contribution in [-0.2, 0) is 13.6 Å². The average molecular weight is 226 g/mol.